The summed E-state index contributed by atoms with van der Waals surface area (Å²) in [4.78, 5) is 11.1. The minimum absolute atomic E-state index is 0.0205. The van der Waals surface area contributed by atoms with Crippen LogP contribution in [0, 0.1) is 5.92 Å². The molecule has 0 saturated heterocycles. The molecule has 0 spiro atoms. The van der Waals surface area contributed by atoms with Gasteiger partial charge in [0.05, 0.1) is 0 Å². The van der Waals surface area contributed by atoms with E-state index in [9.17, 15) is 4.79 Å². The van der Waals surface area contributed by atoms with Gasteiger partial charge < -0.3 is 5.11 Å². The molecule has 1 atom stereocenters. The molecular weight excluding hydrogens is 190 g/mol. The van der Waals surface area contributed by atoms with Crippen molar-refractivity contribution in [1.29, 1.82) is 0 Å². The number of rotatable bonds is 7. The number of hydrogen-bond acceptors (Lipinski definition) is 2. The molecule has 0 amide bonds. The third-order valence-corrected chi connectivity index (χ3v) is 3.42. The third kappa shape index (κ3) is 3.82. The van der Waals surface area contributed by atoms with Crippen LogP contribution in [-0.4, -0.2) is 22.7 Å². The minimum atomic E-state index is -0.746. The molecule has 0 bridgehead atoms. The van der Waals surface area contributed by atoms with Crippen LogP contribution in [0.25, 0.3) is 0 Å². The fourth-order valence-electron chi connectivity index (χ4n) is 1.90. The average molecular weight is 215 g/mol. The normalized spacial score (nSPS) is 14.3. The Labute approximate surface area is 93.3 Å². The van der Waals surface area contributed by atoms with E-state index in [1.807, 2.05) is 13.8 Å². The van der Waals surface area contributed by atoms with E-state index in [1.165, 1.54) is 0 Å². The van der Waals surface area contributed by atoms with Crippen molar-refractivity contribution in [3.05, 3.63) is 0 Å². The first-order chi connectivity index (χ1) is 6.92. The molecule has 3 nitrogen and oxygen atoms in total. The Morgan fingerprint density at radius 1 is 1.20 bits per heavy atom. The van der Waals surface area contributed by atoms with Crippen molar-refractivity contribution in [3.63, 3.8) is 0 Å². The van der Waals surface area contributed by atoms with Gasteiger partial charge in [-0.25, -0.2) is 0 Å². The highest BCUT2D eigenvalue weighted by molar-refractivity contribution is 5.73. The third-order valence-electron chi connectivity index (χ3n) is 3.42. The van der Waals surface area contributed by atoms with E-state index in [1.54, 1.807) is 0 Å². The molecule has 0 heterocycles. The summed E-state index contributed by atoms with van der Waals surface area (Å²) in [6, 6.07) is -0.440. The fraction of sp³-hybridized carbons (Fsp3) is 0.917. The van der Waals surface area contributed by atoms with Gasteiger partial charge in [0.1, 0.15) is 6.04 Å². The lowest BCUT2D eigenvalue weighted by atomic mass is 9.87. The summed E-state index contributed by atoms with van der Waals surface area (Å²) in [6.45, 7) is 10.2. The van der Waals surface area contributed by atoms with Gasteiger partial charge in [0.2, 0.25) is 0 Å². The Morgan fingerprint density at radius 3 is 1.80 bits per heavy atom. The molecule has 0 aromatic carbocycles. The maximum absolute atomic E-state index is 11.1. The number of carbonyl (C=O) groups is 1. The predicted octanol–water partition coefficient (Wildman–Crippen LogP) is 2.65. The van der Waals surface area contributed by atoms with Crippen LogP contribution in [0.5, 0.6) is 0 Å². The first-order valence-corrected chi connectivity index (χ1v) is 5.93. The summed E-state index contributed by atoms with van der Waals surface area (Å²) in [6.07, 6.45) is 2.91. The van der Waals surface area contributed by atoms with Crippen LogP contribution in [0.3, 0.4) is 0 Å². The SMILES string of the molecule is CCC(CC)(CC)NC(C(=O)O)C(C)C. The summed E-state index contributed by atoms with van der Waals surface area (Å²) in [5.74, 6) is -0.628. The molecule has 2 N–H and O–H groups in total. The number of aliphatic carboxylic acids is 1. The van der Waals surface area contributed by atoms with Crippen molar-refractivity contribution in [2.75, 3.05) is 0 Å². The number of nitrogens with one attached hydrogen (secondary N) is 1. The van der Waals surface area contributed by atoms with E-state index in [2.05, 4.69) is 26.1 Å². The molecule has 0 aliphatic carbocycles. The molecule has 3 heteroatoms. The largest absolute Gasteiger partial charge is 0.480 e. The van der Waals surface area contributed by atoms with E-state index in [0.717, 1.165) is 19.3 Å². The van der Waals surface area contributed by atoms with E-state index in [4.69, 9.17) is 5.11 Å². The van der Waals surface area contributed by atoms with E-state index in [0.29, 0.717) is 0 Å². The van der Waals surface area contributed by atoms with Gasteiger partial charge in [-0.2, -0.15) is 0 Å². The van der Waals surface area contributed by atoms with Crippen molar-refractivity contribution in [3.8, 4) is 0 Å². The predicted molar refractivity (Wildman–Crippen MR) is 63.0 cm³/mol. The van der Waals surface area contributed by atoms with Gasteiger partial charge in [-0.05, 0) is 25.2 Å². The van der Waals surface area contributed by atoms with E-state index in [-0.39, 0.29) is 11.5 Å². The van der Waals surface area contributed by atoms with Gasteiger partial charge in [-0.3, -0.25) is 10.1 Å². The molecule has 0 aromatic heterocycles. The van der Waals surface area contributed by atoms with E-state index < -0.39 is 12.0 Å². The van der Waals surface area contributed by atoms with Crippen molar-refractivity contribution >= 4 is 5.97 Å². The second-order valence-electron chi connectivity index (χ2n) is 4.55. The van der Waals surface area contributed by atoms with Crippen LogP contribution >= 0.6 is 0 Å². The van der Waals surface area contributed by atoms with Gasteiger partial charge in [-0.15, -0.1) is 0 Å². The van der Waals surface area contributed by atoms with Crippen LogP contribution in [0.1, 0.15) is 53.9 Å². The maximum Gasteiger partial charge on any atom is 0.320 e. The smallest absolute Gasteiger partial charge is 0.320 e. The lowest BCUT2D eigenvalue weighted by Crippen LogP contribution is -2.54. The van der Waals surface area contributed by atoms with Crippen LogP contribution in [0.15, 0.2) is 0 Å². The maximum atomic E-state index is 11.1. The molecule has 1 unspecified atom stereocenters. The molecular formula is C12H25NO2. The lowest BCUT2D eigenvalue weighted by molar-refractivity contribution is -0.141. The number of carboxylic acids is 1. The van der Waals surface area contributed by atoms with Crippen molar-refractivity contribution in [2.24, 2.45) is 5.92 Å². The molecule has 90 valence electrons. The Morgan fingerprint density at radius 2 is 1.60 bits per heavy atom. The first kappa shape index (κ1) is 14.4. The first-order valence-electron chi connectivity index (χ1n) is 5.93. The van der Waals surface area contributed by atoms with Gasteiger partial charge in [0.15, 0.2) is 0 Å². The Hall–Kier alpha value is -0.570. The molecule has 0 rings (SSSR count). The summed E-state index contributed by atoms with van der Waals surface area (Å²) in [7, 11) is 0. The van der Waals surface area contributed by atoms with Gasteiger partial charge in [0.25, 0.3) is 0 Å². The average Bonchev–Trinajstić information content (AvgIpc) is 2.20. The molecule has 0 saturated carbocycles. The zero-order valence-electron chi connectivity index (χ0n) is 10.6. The summed E-state index contributed by atoms with van der Waals surface area (Å²) >= 11 is 0. The van der Waals surface area contributed by atoms with Gasteiger partial charge in [0, 0.05) is 5.54 Å². The highest BCUT2D eigenvalue weighted by atomic mass is 16.4. The lowest BCUT2D eigenvalue weighted by Gasteiger charge is -2.36. The van der Waals surface area contributed by atoms with Crippen LogP contribution in [-0.2, 0) is 4.79 Å². The molecule has 0 aliphatic heterocycles. The minimum Gasteiger partial charge on any atom is -0.480 e. The topological polar surface area (TPSA) is 49.3 Å². The summed E-state index contributed by atoms with van der Waals surface area (Å²) < 4.78 is 0. The Kier molecular flexibility index (Phi) is 5.88. The molecule has 0 aromatic rings. The highest BCUT2D eigenvalue weighted by Gasteiger charge is 2.31. The summed E-state index contributed by atoms with van der Waals surface area (Å²) in [5.41, 5.74) is -0.0205. The van der Waals surface area contributed by atoms with Gasteiger partial charge >= 0.3 is 5.97 Å². The van der Waals surface area contributed by atoms with Crippen LogP contribution in [0.4, 0.5) is 0 Å². The van der Waals surface area contributed by atoms with Crippen LogP contribution < -0.4 is 5.32 Å². The Bertz CT molecular complexity index is 190. The highest BCUT2D eigenvalue weighted by Crippen LogP contribution is 2.21. The molecule has 0 fully saturated rings. The number of carboxylic acid groups (broad SMARTS) is 1. The second-order valence-corrected chi connectivity index (χ2v) is 4.55. The quantitative estimate of drug-likeness (QED) is 0.686. The second kappa shape index (κ2) is 6.11. The standard InChI is InChI=1S/C12H25NO2/c1-6-12(7-2,8-3)13-10(9(4)5)11(14)15/h9-10,13H,6-8H2,1-5H3,(H,14,15). The van der Waals surface area contributed by atoms with Crippen LogP contribution in [0.2, 0.25) is 0 Å². The fourth-order valence-corrected chi connectivity index (χ4v) is 1.90. The molecule has 15 heavy (non-hydrogen) atoms. The molecule has 0 aliphatic rings. The zero-order chi connectivity index (χ0) is 12.1. The number of hydrogen-bond donors (Lipinski definition) is 2. The van der Waals surface area contributed by atoms with Gasteiger partial charge in [-0.1, -0.05) is 34.6 Å². The van der Waals surface area contributed by atoms with E-state index >= 15 is 0 Å². The Balaban J connectivity index is 4.68. The van der Waals surface area contributed by atoms with Crippen molar-refractivity contribution in [2.45, 2.75) is 65.5 Å². The monoisotopic (exact) mass is 215 g/mol. The van der Waals surface area contributed by atoms with Crippen molar-refractivity contribution in [1.82, 2.24) is 5.32 Å². The summed E-state index contributed by atoms with van der Waals surface area (Å²) in [5, 5.41) is 12.4. The zero-order valence-corrected chi connectivity index (χ0v) is 10.6. The molecule has 0 radical (unpaired) electrons. The van der Waals surface area contributed by atoms with Crippen molar-refractivity contribution < 1.29 is 9.90 Å².